The van der Waals surface area contributed by atoms with E-state index in [4.69, 9.17) is 5.11 Å². The van der Waals surface area contributed by atoms with E-state index in [0.717, 1.165) is 25.7 Å². The molecule has 1 unspecified atom stereocenters. The molecule has 6 nitrogen and oxygen atoms in total. The molecule has 2 aliphatic carbocycles. The summed E-state index contributed by atoms with van der Waals surface area (Å²) in [5.41, 5.74) is -1.09. The van der Waals surface area contributed by atoms with Gasteiger partial charge >= 0.3 is 5.97 Å². The molecule has 0 aromatic heterocycles. The van der Waals surface area contributed by atoms with Crippen molar-refractivity contribution >= 4 is 17.8 Å². The van der Waals surface area contributed by atoms with E-state index in [0.29, 0.717) is 12.8 Å². The van der Waals surface area contributed by atoms with Crippen molar-refractivity contribution in [1.29, 1.82) is 0 Å². The highest BCUT2D eigenvalue weighted by Crippen LogP contribution is 2.35. The highest BCUT2D eigenvalue weighted by molar-refractivity contribution is 5.93. The van der Waals surface area contributed by atoms with E-state index < -0.39 is 23.5 Å². The number of carboxylic acids is 1. The molecule has 0 saturated heterocycles. The Bertz CT molecular complexity index is 397. The SMILES string of the molecule is CC(NC(=O)C1CCCC1)C(=O)NC1(C(=O)O)CC1. The zero-order valence-corrected chi connectivity index (χ0v) is 11.1. The highest BCUT2D eigenvalue weighted by Gasteiger charge is 2.52. The molecule has 2 amide bonds. The largest absolute Gasteiger partial charge is 0.480 e. The lowest BCUT2D eigenvalue weighted by molar-refractivity contribution is -0.143. The maximum Gasteiger partial charge on any atom is 0.329 e. The summed E-state index contributed by atoms with van der Waals surface area (Å²) in [7, 11) is 0. The summed E-state index contributed by atoms with van der Waals surface area (Å²) in [4.78, 5) is 34.7. The van der Waals surface area contributed by atoms with E-state index in [9.17, 15) is 14.4 Å². The smallest absolute Gasteiger partial charge is 0.329 e. The summed E-state index contributed by atoms with van der Waals surface area (Å²) in [6.45, 7) is 1.58. The summed E-state index contributed by atoms with van der Waals surface area (Å²) in [6, 6.07) is -0.690. The average Bonchev–Trinajstić information content (AvgIpc) is 2.93. The molecule has 6 heteroatoms. The third kappa shape index (κ3) is 3.05. The van der Waals surface area contributed by atoms with Gasteiger partial charge in [-0.05, 0) is 32.6 Å². The first-order chi connectivity index (χ1) is 8.94. The van der Waals surface area contributed by atoms with Crippen molar-refractivity contribution in [3.05, 3.63) is 0 Å². The van der Waals surface area contributed by atoms with E-state index in [1.54, 1.807) is 6.92 Å². The van der Waals surface area contributed by atoms with Crippen molar-refractivity contribution in [2.75, 3.05) is 0 Å². The maximum atomic E-state index is 11.9. The molecular formula is C13H20N2O4. The first-order valence-electron chi connectivity index (χ1n) is 6.80. The van der Waals surface area contributed by atoms with Crippen molar-refractivity contribution in [3.63, 3.8) is 0 Å². The second-order valence-corrected chi connectivity index (χ2v) is 5.59. The summed E-state index contributed by atoms with van der Waals surface area (Å²) in [6.07, 6.45) is 4.77. The van der Waals surface area contributed by atoms with Crippen LogP contribution >= 0.6 is 0 Å². The van der Waals surface area contributed by atoms with Crippen LogP contribution in [0.1, 0.15) is 45.4 Å². The second-order valence-electron chi connectivity index (χ2n) is 5.59. The van der Waals surface area contributed by atoms with Crippen LogP contribution in [0.4, 0.5) is 0 Å². The number of nitrogens with one attached hydrogen (secondary N) is 2. The predicted octanol–water partition coefficient (Wildman–Crippen LogP) is 0.415. The summed E-state index contributed by atoms with van der Waals surface area (Å²) >= 11 is 0. The standard InChI is InChI=1S/C13H20N2O4/c1-8(14-11(17)9-4-2-3-5-9)10(16)15-13(6-7-13)12(18)19/h8-9H,2-7H2,1H3,(H,14,17)(H,15,16)(H,18,19). The van der Waals surface area contributed by atoms with Crippen LogP contribution in [0.15, 0.2) is 0 Å². The minimum Gasteiger partial charge on any atom is -0.480 e. The molecule has 0 radical (unpaired) electrons. The fraction of sp³-hybridized carbons (Fsp3) is 0.769. The Balaban J connectivity index is 1.82. The zero-order chi connectivity index (χ0) is 14.0. The lowest BCUT2D eigenvalue weighted by Crippen LogP contribution is -2.52. The van der Waals surface area contributed by atoms with Crippen LogP contribution in [-0.2, 0) is 14.4 Å². The van der Waals surface area contributed by atoms with Gasteiger partial charge in [-0.3, -0.25) is 9.59 Å². The molecule has 19 heavy (non-hydrogen) atoms. The van der Waals surface area contributed by atoms with Gasteiger partial charge in [0.15, 0.2) is 0 Å². The van der Waals surface area contributed by atoms with Gasteiger partial charge in [0, 0.05) is 5.92 Å². The minimum atomic E-state index is -1.09. The molecule has 2 rings (SSSR count). The van der Waals surface area contributed by atoms with Crippen molar-refractivity contribution in [2.24, 2.45) is 5.92 Å². The third-order valence-electron chi connectivity index (χ3n) is 4.00. The lowest BCUT2D eigenvalue weighted by Gasteiger charge is -2.19. The molecule has 0 heterocycles. The van der Waals surface area contributed by atoms with Crippen LogP contribution in [0.5, 0.6) is 0 Å². The second kappa shape index (κ2) is 5.19. The molecule has 2 aliphatic rings. The van der Waals surface area contributed by atoms with Gasteiger partial charge in [0.1, 0.15) is 11.6 Å². The van der Waals surface area contributed by atoms with E-state index in [1.807, 2.05) is 0 Å². The van der Waals surface area contributed by atoms with E-state index in [-0.39, 0.29) is 11.8 Å². The van der Waals surface area contributed by atoms with Crippen LogP contribution in [0, 0.1) is 5.92 Å². The van der Waals surface area contributed by atoms with E-state index >= 15 is 0 Å². The number of carbonyl (C=O) groups excluding carboxylic acids is 2. The average molecular weight is 268 g/mol. The number of carboxylic acid groups (broad SMARTS) is 1. The molecule has 2 saturated carbocycles. The molecular weight excluding hydrogens is 248 g/mol. The van der Waals surface area contributed by atoms with Crippen LogP contribution in [0.25, 0.3) is 0 Å². The third-order valence-corrected chi connectivity index (χ3v) is 4.00. The van der Waals surface area contributed by atoms with Gasteiger partial charge in [-0.25, -0.2) is 4.79 Å². The first-order valence-corrected chi connectivity index (χ1v) is 6.80. The molecule has 0 aromatic rings. The van der Waals surface area contributed by atoms with Crippen molar-refractivity contribution in [3.8, 4) is 0 Å². The lowest BCUT2D eigenvalue weighted by atomic mass is 10.1. The highest BCUT2D eigenvalue weighted by atomic mass is 16.4. The molecule has 0 spiro atoms. The Morgan fingerprint density at radius 2 is 1.79 bits per heavy atom. The molecule has 2 fully saturated rings. The number of hydrogen-bond acceptors (Lipinski definition) is 3. The normalized spacial score (nSPS) is 22.6. The molecule has 0 aromatic carbocycles. The van der Waals surface area contributed by atoms with Gasteiger partial charge in [0.25, 0.3) is 0 Å². The van der Waals surface area contributed by atoms with Crippen LogP contribution in [0.3, 0.4) is 0 Å². The van der Waals surface area contributed by atoms with Crippen molar-refractivity contribution in [2.45, 2.75) is 57.0 Å². The molecule has 0 bridgehead atoms. The van der Waals surface area contributed by atoms with Crippen molar-refractivity contribution in [1.82, 2.24) is 10.6 Å². The Labute approximate surface area is 111 Å². The minimum absolute atomic E-state index is 0.00427. The molecule has 106 valence electrons. The Kier molecular flexibility index (Phi) is 3.78. The topological polar surface area (TPSA) is 95.5 Å². The number of rotatable bonds is 5. The first kappa shape index (κ1) is 13.8. The maximum absolute atomic E-state index is 11.9. The molecule has 0 aliphatic heterocycles. The summed E-state index contributed by atoms with van der Waals surface area (Å²) in [5.74, 6) is -1.52. The Hall–Kier alpha value is -1.59. The fourth-order valence-corrected chi connectivity index (χ4v) is 2.45. The van der Waals surface area contributed by atoms with Crippen LogP contribution < -0.4 is 10.6 Å². The van der Waals surface area contributed by atoms with Crippen LogP contribution in [-0.4, -0.2) is 34.5 Å². The van der Waals surface area contributed by atoms with Gasteiger partial charge in [-0.2, -0.15) is 0 Å². The molecule has 3 N–H and O–H groups in total. The zero-order valence-electron chi connectivity index (χ0n) is 11.1. The predicted molar refractivity (Wildman–Crippen MR) is 67.3 cm³/mol. The monoisotopic (exact) mass is 268 g/mol. The summed E-state index contributed by atoms with van der Waals surface area (Å²) < 4.78 is 0. The van der Waals surface area contributed by atoms with Gasteiger partial charge < -0.3 is 15.7 Å². The summed E-state index contributed by atoms with van der Waals surface area (Å²) in [5, 5.41) is 14.2. The Morgan fingerprint density at radius 3 is 2.26 bits per heavy atom. The van der Waals surface area contributed by atoms with Crippen molar-refractivity contribution < 1.29 is 19.5 Å². The Morgan fingerprint density at radius 1 is 1.21 bits per heavy atom. The van der Waals surface area contributed by atoms with Gasteiger partial charge in [-0.1, -0.05) is 12.8 Å². The van der Waals surface area contributed by atoms with E-state index in [1.165, 1.54) is 0 Å². The fourth-order valence-electron chi connectivity index (χ4n) is 2.45. The molecule has 1 atom stereocenters. The van der Waals surface area contributed by atoms with E-state index in [2.05, 4.69) is 10.6 Å². The number of aliphatic carboxylic acids is 1. The van der Waals surface area contributed by atoms with Gasteiger partial charge in [0.2, 0.25) is 11.8 Å². The quantitative estimate of drug-likeness (QED) is 0.673. The van der Waals surface area contributed by atoms with Gasteiger partial charge in [0.05, 0.1) is 0 Å². The number of amides is 2. The van der Waals surface area contributed by atoms with Crippen LogP contribution in [0.2, 0.25) is 0 Å². The van der Waals surface area contributed by atoms with Gasteiger partial charge in [-0.15, -0.1) is 0 Å². The number of carbonyl (C=O) groups is 3. The number of hydrogen-bond donors (Lipinski definition) is 3.